The fraction of sp³-hybridized carbons (Fsp3) is 0.310. The molecule has 0 aromatic heterocycles. The molecule has 5 nitrogen and oxygen atoms in total. The van der Waals surface area contributed by atoms with E-state index in [2.05, 4.69) is 5.32 Å². The molecule has 0 heterocycles. The number of hydrogen-bond donors (Lipinski definition) is 1. The van der Waals surface area contributed by atoms with E-state index in [4.69, 9.17) is 4.74 Å². The molecule has 0 saturated heterocycles. The number of para-hydroxylation sites is 1. The van der Waals surface area contributed by atoms with Crippen molar-refractivity contribution in [3.63, 3.8) is 0 Å². The van der Waals surface area contributed by atoms with Gasteiger partial charge in [-0.25, -0.2) is 4.39 Å². The summed E-state index contributed by atoms with van der Waals surface area (Å²) in [6, 6.07) is 22.4. The van der Waals surface area contributed by atoms with Gasteiger partial charge in [-0.15, -0.1) is 0 Å². The first-order valence-electron chi connectivity index (χ1n) is 11.9. The Balaban J connectivity index is 1.92. The number of benzene rings is 3. The first-order chi connectivity index (χ1) is 16.8. The van der Waals surface area contributed by atoms with E-state index >= 15 is 0 Å². The lowest BCUT2D eigenvalue weighted by Gasteiger charge is -2.32. The highest BCUT2D eigenvalue weighted by Crippen LogP contribution is 2.19. The van der Waals surface area contributed by atoms with Gasteiger partial charge in [-0.3, -0.25) is 9.59 Å². The zero-order valence-electron chi connectivity index (χ0n) is 20.5. The van der Waals surface area contributed by atoms with Gasteiger partial charge in [0.05, 0.1) is 0 Å². The van der Waals surface area contributed by atoms with Crippen LogP contribution in [0.5, 0.6) is 5.75 Å². The maximum absolute atomic E-state index is 14.6. The molecule has 3 aromatic carbocycles. The molecule has 184 valence electrons. The summed E-state index contributed by atoms with van der Waals surface area (Å²) in [5, 5.41) is 2.95. The summed E-state index contributed by atoms with van der Waals surface area (Å²) in [4.78, 5) is 28.3. The fourth-order valence-corrected chi connectivity index (χ4v) is 3.73. The van der Waals surface area contributed by atoms with Gasteiger partial charge in [-0.2, -0.15) is 0 Å². The number of ether oxygens (including phenoxy) is 1. The zero-order valence-corrected chi connectivity index (χ0v) is 20.5. The summed E-state index contributed by atoms with van der Waals surface area (Å²) in [5.74, 6) is -0.251. The predicted octanol–water partition coefficient (Wildman–Crippen LogP) is 4.93. The first-order valence-corrected chi connectivity index (χ1v) is 11.9. The van der Waals surface area contributed by atoms with Crippen LogP contribution in [-0.4, -0.2) is 35.9 Å². The highest BCUT2D eigenvalue weighted by molar-refractivity contribution is 5.88. The van der Waals surface area contributed by atoms with Crippen molar-refractivity contribution in [3.05, 3.63) is 101 Å². The highest BCUT2D eigenvalue weighted by Gasteiger charge is 2.31. The molecule has 0 aliphatic rings. The molecule has 0 radical (unpaired) electrons. The molecular weight excluding hydrogens is 443 g/mol. The van der Waals surface area contributed by atoms with Gasteiger partial charge in [0.15, 0.2) is 6.61 Å². The molecule has 0 saturated carbocycles. The molecule has 3 aromatic rings. The van der Waals surface area contributed by atoms with Crippen LogP contribution in [-0.2, 0) is 22.6 Å². The molecule has 1 unspecified atom stereocenters. The molecule has 1 atom stereocenters. The van der Waals surface area contributed by atoms with Gasteiger partial charge in [0.2, 0.25) is 5.91 Å². The fourth-order valence-electron chi connectivity index (χ4n) is 3.73. The topological polar surface area (TPSA) is 58.6 Å². The van der Waals surface area contributed by atoms with Crippen molar-refractivity contribution in [2.75, 3.05) is 13.2 Å². The molecule has 3 rings (SSSR count). The van der Waals surface area contributed by atoms with Crippen molar-refractivity contribution in [2.24, 2.45) is 5.92 Å². The quantitative estimate of drug-likeness (QED) is 0.427. The summed E-state index contributed by atoms with van der Waals surface area (Å²) in [6.07, 6.45) is 0.301. The minimum absolute atomic E-state index is 0.0464. The van der Waals surface area contributed by atoms with Gasteiger partial charge in [0, 0.05) is 25.1 Å². The van der Waals surface area contributed by atoms with Crippen molar-refractivity contribution in [1.82, 2.24) is 10.2 Å². The van der Waals surface area contributed by atoms with Gasteiger partial charge in [0.25, 0.3) is 5.91 Å². The van der Waals surface area contributed by atoms with E-state index in [1.165, 1.54) is 11.0 Å². The number of aryl methyl sites for hydroxylation is 1. The Labute approximate surface area is 206 Å². The van der Waals surface area contributed by atoms with Crippen LogP contribution < -0.4 is 10.1 Å². The second-order valence-corrected chi connectivity index (χ2v) is 9.01. The lowest BCUT2D eigenvalue weighted by molar-refractivity contribution is -0.142. The Kier molecular flexibility index (Phi) is 9.41. The van der Waals surface area contributed by atoms with E-state index in [9.17, 15) is 14.0 Å². The number of halogens is 1. The normalized spacial score (nSPS) is 11.7. The van der Waals surface area contributed by atoms with Crippen molar-refractivity contribution < 1.29 is 18.7 Å². The molecule has 2 amide bonds. The van der Waals surface area contributed by atoms with E-state index in [0.29, 0.717) is 24.3 Å². The van der Waals surface area contributed by atoms with Gasteiger partial charge < -0.3 is 15.0 Å². The van der Waals surface area contributed by atoms with E-state index < -0.39 is 17.8 Å². The van der Waals surface area contributed by atoms with Gasteiger partial charge in [0.1, 0.15) is 17.6 Å². The van der Waals surface area contributed by atoms with E-state index in [1.807, 2.05) is 69.3 Å². The van der Waals surface area contributed by atoms with Gasteiger partial charge in [-0.1, -0.05) is 80.6 Å². The van der Waals surface area contributed by atoms with Crippen LogP contribution >= 0.6 is 0 Å². The second-order valence-electron chi connectivity index (χ2n) is 9.01. The van der Waals surface area contributed by atoms with Crippen LogP contribution in [0, 0.1) is 18.7 Å². The number of rotatable bonds is 11. The number of nitrogens with zero attached hydrogens (tertiary/aromatic N) is 1. The van der Waals surface area contributed by atoms with E-state index in [1.54, 1.807) is 24.3 Å². The summed E-state index contributed by atoms with van der Waals surface area (Å²) in [5.41, 5.74) is 2.14. The van der Waals surface area contributed by atoms with E-state index in [-0.39, 0.29) is 25.0 Å². The average molecular weight is 477 g/mol. The third-order valence-corrected chi connectivity index (χ3v) is 5.70. The molecule has 35 heavy (non-hydrogen) atoms. The maximum Gasteiger partial charge on any atom is 0.261 e. The Morgan fingerprint density at radius 3 is 2.29 bits per heavy atom. The Morgan fingerprint density at radius 1 is 0.943 bits per heavy atom. The van der Waals surface area contributed by atoms with Crippen LogP contribution in [0.4, 0.5) is 4.39 Å². The van der Waals surface area contributed by atoms with Crippen LogP contribution in [0.3, 0.4) is 0 Å². The standard InChI is InChI=1S/C29H33FN2O3/c1-21(2)18-31-29(34)26(17-23-12-5-4-6-13-23)32(19-24-14-8-9-15-25(24)30)28(33)20-35-27-16-10-7-11-22(27)3/h4-16,21,26H,17-20H2,1-3H3,(H,31,34). The van der Waals surface area contributed by atoms with Crippen molar-refractivity contribution >= 4 is 11.8 Å². The summed E-state index contributed by atoms with van der Waals surface area (Å²) in [6.45, 7) is 6.08. The molecule has 0 aliphatic carbocycles. The summed E-state index contributed by atoms with van der Waals surface area (Å²) in [7, 11) is 0. The first kappa shape index (κ1) is 25.9. The third kappa shape index (κ3) is 7.67. The minimum Gasteiger partial charge on any atom is -0.484 e. The monoisotopic (exact) mass is 476 g/mol. The number of amides is 2. The van der Waals surface area contributed by atoms with Crippen molar-refractivity contribution in [3.8, 4) is 5.75 Å². The lowest BCUT2D eigenvalue weighted by Crippen LogP contribution is -2.52. The number of carbonyl (C=O) groups is 2. The maximum atomic E-state index is 14.6. The van der Waals surface area contributed by atoms with Crippen LogP contribution in [0.2, 0.25) is 0 Å². The summed E-state index contributed by atoms with van der Waals surface area (Å²) < 4.78 is 20.4. The van der Waals surface area contributed by atoms with Gasteiger partial charge >= 0.3 is 0 Å². The van der Waals surface area contributed by atoms with Crippen LogP contribution in [0.25, 0.3) is 0 Å². The molecular formula is C29H33FN2O3. The van der Waals surface area contributed by atoms with Crippen molar-refractivity contribution in [2.45, 2.75) is 39.8 Å². The number of hydrogen-bond acceptors (Lipinski definition) is 3. The van der Waals surface area contributed by atoms with E-state index in [0.717, 1.165) is 11.1 Å². The molecule has 0 aliphatic heterocycles. The number of nitrogens with one attached hydrogen (secondary N) is 1. The second kappa shape index (κ2) is 12.7. The SMILES string of the molecule is Cc1ccccc1OCC(=O)N(Cc1ccccc1F)C(Cc1ccccc1)C(=O)NCC(C)C. The predicted molar refractivity (Wildman–Crippen MR) is 135 cm³/mol. The molecule has 0 spiro atoms. The highest BCUT2D eigenvalue weighted by atomic mass is 19.1. The smallest absolute Gasteiger partial charge is 0.261 e. The minimum atomic E-state index is -0.830. The number of carbonyl (C=O) groups excluding carboxylic acids is 2. The largest absolute Gasteiger partial charge is 0.484 e. The lowest BCUT2D eigenvalue weighted by atomic mass is 10.0. The molecule has 6 heteroatoms. The molecule has 1 N–H and O–H groups in total. The van der Waals surface area contributed by atoms with Crippen LogP contribution in [0.1, 0.15) is 30.5 Å². The third-order valence-electron chi connectivity index (χ3n) is 5.70. The van der Waals surface area contributed by atoms with Crippen molar-refractivity contribution in [1.29, 1.82) is 0 Å². The van der Waals surface area contributed by atoms with Gasteiger partial charge in [-0.05, 0) is 36.1 Å². The van der Waals surface area contributed by atoms with Crippen LogP contribution in [0.15, 0.2) is 78.9 Å². The Morgan fingerprint density at radius 2 is 1.60 bits per heavy atom. The Bertz CT molecular complexity index is 1120. The molecule has 0 fully saturated rings. The molecule has 0 bridgehead atoms. The Hall–Kier alpha value is -3.67. The average Bonchev–Trinajstić information content (AvgIpc) is 2.85. The summed E-state index contributed by atoms with van der Waals surface area (Å²) >= 11 is 0. The zero-order chi connectivity index (χ0) is 25.2.